The largest absolute Gasteiger partial charge is 0.310 e. The maximum absolute atomic E-state index is 13.2. The maximum atomic E-state index is 13.2. The highest BCUT2D eigenvalue weighted by molar-refractivity contribution is 5.30. The second kappa shape index (κ2) is 4.31. The van der Waals surface area contributed by atoms with E-state index in [1.807, 2.05) is 6.07 Å². The quantitative estimate of drug-likeness (QED) is 0.799. The van der Waals surface area contributed by atoms with Crippen LogP contribution in [0.2, 0.25) is 0 Å². The van der Waals surface area contributed by atoms with Crippen LogP contribution in [0.5, 0.6) is 0 Å². The number of halogens is 1. The molecule has 0 saturated heterocycles. The maximum Gasteiger partial charge on any atom is 0.123 e. The zero-order chi connectivity index (χ0) is 10.8. The van der Waals surface area contributed by atoms with Gasteiger partial charge in [0.25, 0.3) is 0 Å². The Bertz CT molecular complexity index is 344. The molecule has 1 fully saturated rings. The van der Waals surface area contributed by atoms with Crippen molar-refractivity contribution in [2.75, 3.05) is 6.54 Å². The summed E-state index contributed by atoms with van der Waals surface area (Å²) in [6.07, 6.45) is 2.54. The van der Waals surface area contributed by atoms with E-state index in [0.29, 0.717) is 12.0 Å². The number of hydrogen-bond acceptors (Lipinski definition) is 1. The van der Waals surface area contributed by atoms with E-state index in [9.17, 15) is 4.39 Å². The Morgan fingerprint density at radius 2 is 2.20 bits per heavy atom. The molecule has 0 aliphatic heterocycles. The summed E-state index contributed by atoms with van der Waals surface area (Å²) >= 11 is 0. The Labute approximate surface area is 90.7 Å². The van der Waals surface area contributed by atoms with Gasteiger partial charge < -0.3 is 5.32 Å². The molecule has 0 amide bonds. The summed E-state index contributed by atoms with van der Waals surface area (Å²) in [4.78, 5) is 0. The van der Waals surface area contributed by atoms with Gasteiger partial charge in [-0.25, -0.2) is 4.39 Å². The van der Waals surface area contributed by atoms with Crippen molar-refractivity contribution in [2.24, 2.45) is 5.92 Å². The van der Waals surface area contributed by atoms with Gasteiger partial charge in [0.05, 0.1) is 0 Å². The van der Waals surface area contributed by atoms with Crippen molar-refractivity contribution in [2.45, 2.75) is 32.7 Å². The van der Waals surface area contributed by atoms with Crippen molar-refractivity contribution in [1.29, 1.82) is 0 Å². The minimum absolute atomic E-state index is 0.126. The van der Waals surface area contributed by atoms with Gasteiger partial charge in [-0.15, -0.1) is 0 Å². The Kier molecular flexibility index (Phi) is 3.06. The second-order valence-electron chi connectivity index (χ2n) is 4.37. The van der Waals surface area contributed by atoms with Gasteiger partial charge in [0, 0.05) is 6.04 Å². The highest BCUT2D eigenvalue weighted by atomic mass is 19.1. The number of benzene rings is 1. The smallest absolute Gasteiger partial charge is 0.123 e. The van der Waals surface area contributed by atoms with Gasteiger partial charge in [-0.3, -0.25) is 0 Å². The molecule has 1 unspecified atom stereocenters. The van der Waals surface area contributed by atoms with Gasteiger partial charge in [-0.05, 0) is 55.5 Å². The fourth-order valence-electron chi connectivity index (χ4n) is 2.13. The van der Waals surface area contributed by atoms with E-state index < -0.39 is 0 Å². The topological polar surface area (TPSA) is 12.0 Å². The predicted octanol–water partition coefficient (Wildman–Crippen LogP) is 3.19. The normalized spacial score (nSPS) is 17.8. The molecule has 0 spiro atoms. The third kappa shape index (κ3) is 2.37. The molecule has 1 saturated carbocycles. The van der Waals surface area contributed by atoms with Gasteiger partial charge in [0.1, 0.15) is 5.82 Å². The first-order valence-corrected chi connectivity index (χ1v) is 5.71. The summed E-state index contributed by atoms with van der Waals surface area (Å²) in [5.41, 5.74) is 2.33. The molecule has 2 heteroatoms. The monoisotopic (exact) mass is 207 g/mol. The molecule has 1 N–H and O–H groups in total. The summed E-state index contributed by atoms with van der Waals surface area (Å²) < 4.78 is 13.2. The predicted molar refractivity (Wildman–Crippen MR) is 60.3 cm³/mol. The molecule has 0 bridgehead atoms. The molecule has 1 aromatic rings. The first-order valence-electron chi connectivity index (χ1n) is 5.71. The molecular formula is C13H18FN. The zero-order valence-corrected chi connectivity index (χ0v) is 9.39. The van der Waals surface area contributed by atoms with Crippen LogP contribution in [0.25, 0.3) is 0 Å². The lowest BCUT2D eigenvalue weighted by Crippen LogP contribution is -2.23. The van der Waals surface area contributed by atoms with E-state index in [2.05, 4.69) is 19.2 Å². The summed E-state index contributed by atoms with van der Waals surface area (Å²) in [5.74, 6) is 0.588. The average Bonchev–Trinajstić information content (AvgIpc) is 3.02. The van der Waals surface area contributed by atoms with E-state index in [-0.39, 0.29) is 5.82 Å². The molecule has 1 aromatic carbocycles. The zero-order valence-electron chi connectivity index (χ0n) is 9.39. The van der Waals surface area contributed by atoms with Crippen LogP contribution < -0.4 is 5.32 Å². The lowest BCUT2D eigenvalue weighted by Gasteiger charge is -2.19. The third-order valence-electron chi connectivity index (χ3n) is 3.09. The second-order valence-corrected chi connectivity index (χ2v) is 4.37. The van der Waals surface area contributed by atoms with Crippen LogP contribution in [0.1, 0.15) is 36.9 Å². The van der Waals surface area contributed by atoms with E-state index in [1.165, 1.54) is 24.5 Å². The summed E-state index contributed by atoms with van der Waals surface area (Å²) in [6.45, 7) is 5.10. The van der Waals surface area contributed by atoms with Crippen molar-refractivity contribution in [3.8, 4) is 0 Å². The van der Waals surface area contributed by atoms with E-state index >= 15 is 0 Å². The van der Waals surface area contributed by atoms with Crippen LogP contribution >= 0.6 is 0 Å². The Balaban J connectivity index is 2.27. The fraction of sp³-hybridized carbons (Fsp3) is 0.538. The van der Waals surface area contributed by atoms with Crippen LogP contribution in [0.15, 0.2) is 18.2 Å². The fourth-order valence-corrected chi connectivity index (χ4v) is 2.13. The molecule has 15 heavy (non-hydrogen) atoms. The first kappa shape index (κ1) is 10.6. The number of rotatable bonds is 4. The van der Waals surface area contributed by atoms with Crippen molar-refractivity contribution in [3.05, 3.63) is 35.1 Å². The molecular weight excluding hydrogens is 189 g/mol. The van der Waals surface area contributed by atoms with Crippen LogP contribution in [0, 0.1) is 18.7 Å². The molecule has 0 heterocycles. The average molecular weight is 207 g/mol. The van der Waals surface area contributed by atoms with Gasteiger partial charge in [0.2, 0.25) is 0 Å². The third-order valence-corrected chi connectivity index (χ3v) is 3.09. The first-order chi connectivity index (χ1) is 7.22. The minimum Gasteiger partial charge on any atom is -0.310 e. The Morgan fingerprint density at radius 1 is 1.47 bits per heavy atom. The SMILES string of the molecule is CCNC(c1cc(F)ccc1C)C1CC1. The van der Waals surface area contributed by atoms with E-state index in [1.54, 1.807) is 6.07 Å². The lowest BCUT2D eigenvalue weighted by molar-refractivity contribution is 0.490. The number of nitrogens with one attached hydrogen (secondary N) is 1. The summed E-state index contributed by atoms with van der Waals surface area (Å²) in [7, 11) is 0. The molecule has 1 atom stereocenters. The summed E-state index contributed by atoms with van der Waals surface area (Å²) in [5, 5.41) is 3.46. The van der Waals surface area contributed by atoms with Crippen LogP contribution in [0.3, 0.4) is 0 Å². The number of aryl methyl sites for hydroxylation is 1. The molecule has 0 radical (unpaired) electrons. The van der Waals surface area contributed by atoms with Crippen LogP contribution in [-0.4, -0.2) is 6.54 Å². The van der Waals surface area contributed by atoms with Crippen molar-refractivity contribution >= 4 is 0 Å². The van der Waals surface area contributed by atoms with Gasteiger partial charge in [-0.2, -0.15) is 0 Å². The van der Waals surface area contributed by atoms with Crippen molar-refractivity contribution < 1.29 is 4.39 Å². The molecule has 1 nitrogen and oxygen atoms in total. The van der Waals surface area contributed by atoms with Gasteiger partial charge in [-0.1, -0.05) is 13.0 Å². The van der Waals surface area contributed by atoms with E-state index in [4.69, 9.17) is 0 Å². The van der Waals surface area contributed by atoms with E-state index in [0.717, 1.165) is 12.1 Å². The Morgan fingerprint density at radius 3 is 2.80 bits per heavy atom. The lowest BCUT2D eigenvalue weighted by atomic mass is 9.97. The van der Waals surface area contributed by atoms with Gasteiger partial charge in [0.15, 0.2) is 0 Å². The van der Waals surface area contributed by atoms with Crippen molar-refractivity contribution in [3.63, 3.8) is 0 Å². The van der Waals surface area contributed by atoms with Crippen LogP contribution in [0.4, 0.5) is 4.39 Å². The highest BCUT2D eigenvalue weighted by Crippen LogP contribution is 2.41. The standard InChI is InChI=1S/C13H18FN/c1-3-15-13(10-5-6-10)12-8-11(14)7-4-9(12)2/h4,7-8,10,13,15H,3,5-6H2,1-2H3. The highest BCUT2D eigenvalue weighted by Gasteiger charge is 2.32. The molecule has 2 rings (SSSR count). The Hall–Kier alpha value is -0.890. The molecule has 82 valence electrons. The molecule has 1 aliphatic carbocycles. The van der Waals surface area contributed by atoms with Crippen LogP contribution in [-0.2, 0) is 0 Å². The summed E-state index contributed by atoms with van der Waals surface area (Å²) in [6, 6.07) is 5.44. The number of hydrogen-bond donors (Lipinski definition) is 1. The minimum atomic E-state index is -0.126. The van der Waals surface area contributed by atoms with Crippen molar-refractivity contribution in [1.82, 2.24) is 5.32 Å². The molecule has 1 aliphatic rings. The van der Waals surface area contributed by atoms with Gasteiger partial charge >= 0.3 is 0 Å². The molecule has 0 aromatic heterocycles.